The lowest BCUT2D eigenvalue weighted by Crippen LogP contribution is -2.12. The molecular weight excluding hydrogens is 144 g/mol. The molecule has 0 fully saturated rings. The van der Waals surface area contributed by atoms with Crippen molar-refractivity contribution in [3.8, 4) is 12.1 Å². The van der Waals surface area contributed by atoms with E-state index in [0.717, 1.165) is 0 Å². The molecule has 1 atom stereocenters. The summed E-state index contributed by atoms with van der Waals surface area (Å²) >= 11 is 0. The van der Waals surface area contributed by atoms with E-state index >= 15 is 0 Å². The molecule has 0 aliphatic heterocycles. The van der Waals surface area contributed by atoms with Gasteiger partial charge in [-0.1, -0.05) is 0 Å². The van der Waals surface area contributed by atoms with Crippen molar-refractivity contribution >= 4 is 5.97 Å². The minimum Gasteiger partial charge on any atom is -0.481 e. The van der Waals surface area contributed by atoms with E-state index in [1.165, 1.54) is 0 Å². The van der Waals surface area contributed by atoms with Crippen LogP contribution < -0.4 is 0 Å². The van der Waals surface area contributed by atoms with Crippen LogP contribution in [0.15, 0.2) is 0 Å². The predicted octanol–water partition coefficient (Wildman–Crippen LogP) is 0.905. The van der Waals surface area contributed by atoms with Gasteiger partial charge in [0, 0.05) is 12.8 Å². The molecule has 0 aromatic heterocycles. The largest absolute Gasteiger partial charge is 0.481 e. The van der Waals surface area contributed by atoms with E-state index in [0.29, 0.717) is 0 Å². The van der Waals surface area contributed by atoms with Crippen molar-refractivity contribution in [1.82, 2.24) is 0 Å². The number of carboxylic acid groups (broad SMARTS) is 1. The predicted molar refractivity (Wildman–Crippen MR) is 36.2 cm³/mol. The standard InChI is InChI=1S/C7H8N2O2/c8-4-1-2-6(3-5-9)7(10)11/h6H,1-3H2,(H,10,11). The first-order valence-corrected chi connectivity index (χ1v) is 3.19. The number of rotatable bonds is 4. The highest BCUT2D eigenvalue weighted by Crippen LogP contribution is 2.09. The first-order chi connectivity index (χ1) is 5.22. The van der Waals surface area contributed by atoms with Crippen LogP contribution in [0.3, 0.4) is 0 Å². The normalized spacial score (nSPS) is 11.1. The van der Waals surface area contributed by atoms with Gasteiger partial charge in [-0.25, -0.2) is 0 Å². The van der Waals surface area contributed by atoms with Gasteiger partial charge in [0.1, 0.15) is 0 Å². The Morgan fingerprint density at radius 3 is 2.45 bits per heavy atom. The van der Waals surface area contributed by atoms with Gasteiger partial charge < -0.3 is 5.11 Å². The van der Waals surface area contributed by atoms with E-state index in [1.54, 1.807) is 6.07 Å². The Morgan fingerprint density at radius 1 is 1.45 bits per heavy atom. The number of hydrogen-bond donors (Lipinski definition) is 1. The van der Waals surface area contributed by atoms with Crippen molar-refractivity contribution in [3.63, 3.8) is 0 Å². The smallest absolute Gasteiger partial charge is 0.307 e. The first kappa shape index (κ1) is 9.45. The molecule has 0 saturated heterocycles. The molecule has 0 heterocycles. The number of carboxylic acids is 1. The van der Waals surface area contributed by atoms with E-state index in [-0.39, 0.29) is 19.3 Å². The molecule has 4 heteroatoms. The van der Waals surface area contributed by atoms with Gasteiger partial charge in [-0.2, -0.15) is 10.5 Å². The van der Waals surface area contributed by atoms with E-state index in [2.05, 4.69) is 0 Å². The summed E-state index contributed by atoms with van der Waals surface area (Å²) in [6.07, 6.45) is 0.440. The van der Waals surface area contributed by atoms with Gasteiger partial charge in [0.2, 0.25) is 0 Å². The Kier molecular flexibility index (Phi) is 4.51. The van der Waals surface area contributed by atoms with E-state index < -0.39 is 11.9 Å². The monoisotopic (exact) mass is 152 g/mol. The molecule has 0 rings (SSSR count). The molecule has 1 unspecified atom stereocenters. The number of hydrogen-bond acceptors (Lipinski definition) is 3. The third-order valence-corrected chi connectivity index (χ3v) is 1.29. The summed E-state index contributed by atoms with van der Waals surface area (Å²) in [6, 6.07) is 3.61. The molecule has 0 saturated carbocycles. The lowest BCUT2D eigenvalue weighted by Gasteiger charge is -2.03. The molecule has 0 aromatic carbocycles. The number of aliphatic carboxylic acids is 1. The lowest BCUT2D eigenvalue weighted by molar-refractivity contribution is -0.141. The third-order valence-electron chi connectivity index (χ3n) is 1.29. The highest BCUT2D eigenvalue weighted by atomic mass is 16.4. The fourth-order valence-corrected chi connectivity index (χ4v) is 0.662. The van der Waals surface area contributed by atoms with Gasteiger partial charge in [-0.3, -0.25) is 4.79 Å². The molecular formula is C7H8N2O2. The maximum atomic E-state index is 10.3. The summed E-state index contributed by atoms with van der Waals surface area (Å²) in [5, 5.41) is 24.8. The van der Waals surface area contributed by atoms with Gasteiger partial charge in [0.15, 0.2) is 0 Å². The molecule has 11 heavy (non-hydrogen) atoms. The third kappa shape index (κ3) is 3.94. The van der Waals surface area contributed by atoms with Crippen LogP contribution in [-0.4, -0.2) is 11.1 Å². The molecule has 0 spiro atoms. The SMILES string of the molecule is N#CCCC(CC#N)C(=O)O. The van der Waals surface area contributed by atoms with Crippen LogP contribution in [0.2, 0.25) is 0 Å². The van der Waals surface area contributed by atoms with Crippen LogP contribution in [0.4, 0.5) is 0 Å². The Bertz CT molecular complexity index is 211. The van der Waals surface area contributed by atoms with E-state index in [4.69, 9.17) is 15.6 Å². The van der Waals surface area contributed by atoms with E-state index in [9.17, 15) is 4.79 Å². The van der Waals surface area contributed by atoms with Crippen molar-refractivity contribution in [1.29, 1.82) is 10.5 Å². The van der Waals surface area contributed by atoms with E-state index in [1.807, 2.05) is 6.07 Å². The van der Waals surface area contributed by atoms with Crippen LogP contribution in [0.1, 0.15) is 19.3 Å². The molecule has 58 valence electrons. The van der Waals surface area contributed by atoms with Gasteiger partial charge >= 0.3 is 5.97 Å². The van der Waals surface area contributed by atoms with Crippen LogP contribution in [0.25, 0.3) is 0 Å². The molecule has 0 aromatic rings. The summed E-state index contributed by atoms with van der Waals surface area (Å²) in [5.74, 6) is -1.68. The molecule has 0 bridgehead atoms. The lowest BCUT2D eigenvalue weighted by atomic mass is 10.0. The highest BCUT2D eigenvalue weighted by Gasteiger charge is 2.15. The van der Waals surface area contributed by atoms with Gasteiger partial charge in [-0.05, 0) is 6.42 Å². The molecule has 0 amide bonds. The molecule has 0 radical (unpaired) electrons. The maximum absolute atomic E-state index is 10.3. The quantitative estimate of drug-likeness (QED) is 0.648. The summed E-state index contributed by atoms with van der Waals surface area (Å²) in [6.45, 7) is 0. The second-order valence-electron chi connectivity index (χ2n) is 2.09. The van der Waals surface area contributed by atoms with Crippen LogP contribution >= 0.6 is 0 Å². The average Bonchev–Trinajstić information content (AvgIpc) is 1.97. The summed E-state index contributed by atoms with van der Waals surface area (Å²) in [4.78, 5) is 10.3. The minimum absolute atomic E-state index is 0.0169. The van der Waals surface area contributed by atoms with Crippen molar-refractivity contribution in [2.45, 2.75) is 19.3 Å². The molecule has 0 aliphatic carbocycles. The van der Waals surface area contributed by atoms with Crippen LogP contribution in [0, 0.1) is 28.6 Å². The van der Waals surface area contributed by atoms with Gasteiger partial charge in [-0.15, -0.1) is 0 Å². The Morgan fingerprint density at radius 2 is 2.09 bits per heavy atom. The van der Waals surface area contributed by atoms with Crippen molar-refractivity contribution in [2.24, 2.45) is 5.92 Å². The maximum Gasteiger partial charge on any atom is 0.307 e. The highest BCUT2D eigenvalue weighted by molar-refractivity contribution is 5.70. The zero-order valence-corrected chi connectivity index (χ0v) is 5.95. The number of carbonyl (C=O) groups is 1. The topological polar surface area (TPSA) is 84.9 Å². The second kappa shape index (κ2) is 5.25. The summed E-state index contributed by atoms with van der Waals surface area (Å²) in [7, 11) is 0. The second-order valence-corrected chi connectivity index (χ2v) is 2.09. The van der Waals surface area contributed by atoms with Crippen molar-refractivity contribution in [3.05, 3.63) is 0 Å². The fraction of sp³-hybridized carbons (Fsp3) is 0.571. The molecule has 0 aliphatic rings. The van der Waals surface area contributed by atoms with Gasteiger partial charge in [0.25, 0.3) is 0 Å². The van der Waals surface area contributed by atoms with Crippen molar-refractivity contribution in [2.75, 3.05) is 0 Å². The number of nitriles is 2. The fourth-order valence-electron chi connectivity index (χ4n) is 0.662. The Hall–Kier alpha value is -1.55. The molecule has 1 N–H and O–H groups in total. The van der Waals surface area contributed by atoms with Crippen molar-refractivity contribution < 1.29 is 9.90 Å². The van der Waals surface area contributed by atoms with Crippen LogP contribution in [0.5, 0.6) is 0 Å². The van der Waals surface area contributed by atoms with Gasteiger partial charge in [0.05, 0.1) is 18.1 Å². The molecule has 4 nitrogen and oxygen atoms in total. The minimum atomic E-state index is -0.998. The first-order valence-electron chi connectivity index (χ1n) is 3.19. The number of nitrogens with zero attached hydrogens (tertiary/aromatic N) is 2. The van der Waals surface area contributed by atoms with Crippen LogP contribution in [-0.2, 0) is 4.79 Å². The summed E-state index contributed by atoms with van der Waals surface area (Å²) < 4.78 is 0. The average molecular weight is 152 g/mol. The summed E-state index contributed by atoms with van der Waals surface area (Å²) in [5.41, 5.74) is 0. The Balaban J connectivity index is 3.83. The zero-order chi connectivity index (χ0) is 8.69. The zero-order valence-electron chi connectivity index (χ0n) is 5.95. The Labute approximate surface area is 64.7 Å².